The second-order valence-corrected chi connectivity index (χ2v) is 14.5. The Kier molecular flexibility index (Phi) is 5.99. The van der Waals surface area contributed by atoms with Crippen molar-refractivity contribution in [3.63, 3.8) is 0 Å². The fourth-order valence-electron chi connectivity index (χ4n) is 6.85. The summed E-state index contributed by atoms with van der Waals surface area (Å²) >= 11 is 0. The Balaban J connectivity index is 1.43. The van der Waals surface area contributed by atoms with Crippen molar-refractivity contribution in [3.8, 4) is 33.7 Å². The van der Waals surface area contributed by atoms with Crippen molar-refractivity contribution in [1.29, 1.82) is 0 Å². The van der Waals surface area contributed by atoms with Gasteiger partial charge in [0.05, 0.1) is 0 Å². The van der Waals surface area contributed by atoms with Gasteiger partial charge in [-0.3, -0.25) is 0 Å². The van der Waals surface area contributed by atoms with E-state index in [0.29, 0.717) is 5.89 Å². The lowest BCUT2D eigenvalue weighted by atomic mass is 9.83. The van der Waals surface area contributed by atoms with Crippen LogP contribution in [0.25, 0.3) is 77.1 Å². The summed E-state index contributed by atoms with van der Waals surface area (Å²) in [5, 5.41) is 7.44. The van der Waals surface area contributed by atoms with E-state index in [0.717, 1.165) is 22.0 Å². The van der Waals surface area contributed by atoms with Crippen LogP contribution in [0.15, 0.2) is 120 Å². The van der Waals surface area contributed by atoms with E-state index >= 15 is 0 Å². The number of para-hydroxylation sites is 2. The Morgan fingerprint density at radius 3 is 1.64 bits per heavy atom. The van der Waals surface area contributed by atoms with Gasteiger partial charge in [-0.1, -0.05) is 139 Å². The molecule has 0 aliphatic rings. The van der Waals surface area contributed by atoms with Crippen molar-refractivity contribution in [2.45, 2.75) is 52.4 Å². The average Bonchev–Trinajstić information content (AvgIpc) is 3.47. The van der Waals surface area contributed by atoms with Gasteiger partial charge in [0.1, 0.15) is 5.52 Å². The molecule has 1 aromatic heterocycles. The van der Waals surface area contributed by atoms with Gasteiger partial charge < -0.3 is 4.42 Å². The van der Waals surface area contributed by atoms with E-state index in [1.807, 2.05) is 24.3 Å². The van der Waals surface area contributed by atoms with Gasteiger partial charge in [0.15, 0.2) is 5.58 Å². The molecule has 2 heteroatoms. The molecule has 0 saturated heterocycles. The maximum Gasteiger partial charge on any atom is 0.227 e. The molecule has 0 spiro atoms. The second-order valence-electron chi connectivity index (χ2n) is 14.5. The van der Waals surface area contributed by atoms with E-state index in [-0.39, 0.29) is 10.8 Å². The first-order valence-electron chi connectivity index (χ1n) is 15.9. The molecular weight excluding hydrogens is 546 g/mol. The second kappa shape index (κ2) is 9.78. The van der Waals surface area contributed by atoms with E-state index in [2.05, 4.69) is 133 Å². The molecule has 0 radical (unpaired) electrons. The number of nitrogens with zero attached hydrogens (tertiary/aromatic N) is 1. The fourth-order valence-corrected chi connectivity index (χ4v) is 6.85. The zero-order valence-corrected chi connectivity index (χ0v) is 26.8. The van der Waals surface area contributed by atoms with E-state index < -0.39 is 0 Å². The lowest BCUT2D eigenvalue weighted by Crippen LogP contribution is -2.10. The molecule has 0 aliphatic carbocycles. The lowest BCUT2D eigenvalue weighted by molar-refractivity contribution is 0.590. The van der Waals surface area contributed by atoms with Crippen molar-refractivity contribution in [2.24, 2.45) is 0 Å². The highest BCUT2D eigenvalue weighted by Crippen LogP contribution is 2.46. The monoisotopic (exact) mass is 583 g/mol. The summed E-state index contributed by atoms with van der Waals surface area (Å²) in [7, 11) is 0. The van der Waals surface area contributed by atoms with Gasteiger partial charge >= 0.3 is 0 Å². The maximum absolute atomic E-state index is 6.42. The predicted octanol–water partition coefficient (Wildman–Crippen LogP) is 12.3. The Bertz CT molecular complexity index is 2330. The van der Waals surface area contributed by atoms with Crippen LogP contribution in [0.2, 0.25) is 0 Å². The van der Waals surface area contributed by atoms with Crippen LogP contribution in [0.3, 0.4) is 0 Å². The van der Waals surface area contributed by atoms with Gasteiger partial charge in [-0.2, -0.15) is 0 Å². The van der Waals surface area contributed by atoms with Crippen LogP contribution in [0.1, 0.15) is 52.7 Å². The van der Waals surface area contributed by atoms with Crippen molar-refractivity contribution in [1.82, 2.24) is 4.98 Å². The van der Waals surface area contributed by atoms with Gasteiger partial charge in [-0.15, -0.1) is 0 Å². The summed E-state index contributed by atoms with van der Waals surface area (Å²) in [6, 6.07) is 42.2. The van der Waals surface area contributed by atoms with Gasteiger partial charge in [0, 0.05) is 5.56 Å². The third kappa shape index (κ3) is 4.51. The van der Waals surface area contributed by atoms with Gasteiger partial charge in [-0.05, 0) is 94.7 Å². The first-order valence-corrected chi connectivity index (χ1v) is 15.9. The van der Waals surface area contributed by atoms with E-state index in [9.17, 15) is 0 Å². The standard InChI is InChI=1S/C43H37NO/c1-42(2,3)29-17-11-26(12-18-29)31-21-15-28-16-22-33-35(27-13-19-30(20-14-27)43(4,5)6)25-36(34-24-23-32(31)39(28)40(33)34)41-44-37-9-7-8-10-38(37)45-41/h7-25H,1-6H3. The van der Waals surface area contributed by atoms with Crippen molar-refractivity contribution in [3.05, 3.63) is 126 Å². The topological polar surface area (TPSA) is 26.0 Å². The van der Waals surface area contributed by atoms with Crippen LogP contribution in [0.5, 0.6) is 0 Å². The van der Waals surface area contributed by atoms with E-state index in [4.69, 9.17) is 9.40 Å². The molecule has 8 aromatic rings. The summed E-state index contributed by atoms with van der Waals surface area (Å²) in [5.41, 5.74) is 10.4. The molecule has 0 N–H and O–H groups in total. The molecular formula is C43H37NO. The molecule has 0 fully saturated rings. The number of hydrogen-bond acceptors (Lipinski definition) is 2. The Hall–Kier alpha value is -4.95. The minimum atomic E-state index is 0.0893. The number of hydrogen-bond donors (Lipinski definition) is 0. The van der Waals surface area contributed by atoms with Crippen LogP contribution in [-0.4, -0.2) is 4.98 Å². The molecule has 45 heavy (non-hydrogen) atoms. The fraction of sp³-hybridized carbons (Fsp3) is 0.186. The van der Waals surface area contributed by atoms with Gasteiger partial charge in [0.25, 0.3) is 0 Å². The van der Waals surface area contributed by atoms with Crippen molar-refractivity contribution < 1.29 is 4.42 Å². The average molecular weight is 584 g/mol. The van der Waals surface area contributed by atoms with Crippen LogP contribution >= 0.6 is 0 Å². The largest absolute Gasteiger partial charge is 0.436 e. The predicted molar refractivity (Wildman–Crippen MR) is 191 cm³/mol. The highest BCUT2D eigenvalue weighted by atomic mass is 16.3. The summed E-state index contributed by atoms with van der Waals surface area (Å²) < 4.78 is 6.42. The zero-order chi connectivity index (χ0) is 31.1. The molecule has 2 nitrogen and oxygen atoms in total. The smallest absolute Gasteiger partial charge is 0.227 e. The van der Waals surface area contributed by atoms with Crippen LogP contribution < -0.4 is 0 Å². The lowest BCUT2D eigenvalue weighted by Gasteiger charge is -2.21. The van der Waals surface area contributed by atoms with Crippen LogP contribution in [0.4, 0.5) is 0 Å². The molecule has 8 rings (SSSR count). The third-order valence-electron chi connectivity index (χ3n) is 9.43. The SMILES string of the molecule is CC(C)(C)c1ccc(-c2ccc3ccc4c(-c5ccc(C(C)(C)C)cc5)cc(-c5nc6ccccc6o5)c5ccc2c3c45)cc1. The Labute approximate surface area is 264 Å². The van der Waals surface area contributed by atoms with E-state index in [1.54, 1.807) is 0 Å². The number of fused-ring (bicyclic) bond motifs is 1. The third-order valence-corrected chi connectivity index (χ3v) is 9.43. The molecule has 0 aliphatic heterocycles. The molecule has 220 valence electrons. The Morgan fingerprint density at radius 2 is 1.02 bits per heavy atom. The number of aromatic nitrogens is 1. The zero-order valence-electron chi connectivity index (χ0n) is 26.8. The molecule has 0 amide bonds. The van der Waals surface area contributed by atoms with Crippen LogP contribution in [-0.2, 0) is 10.8 Å². The highest BCUT2D eigenvalue weighted by molar-refractivity contribution is 6.29. The summed E-state index contributed by atoms with van der Waals surface area (Å²) in [4.78, 5) is 4.97. The maximum atomic E-state index is 6.42. The molecule has 0 atom stereocenters. The molecule has 0 saturated carbocycles. The molecule has 1 heterocycles. The highest BCUT2D eigenvalue weighted by Gasteiger charge is 2.22. The summed E-state index contributed by atoms with van der Waals surface area (Å²) in [5.74, 6) is 0.652. The van der Waals surface area contributed by atoms with Gasteiger partial charge in [0.2, 0.25) is 5.89 Å². The minimum absolute atomic E-state index is 0.0893. The van der Waals surface area contributed by atoms with Crippen molar-refractivity contribution >= 4 is 43.4 Å². The number of rotatable bonds is 3. The van der Waals surface area contributed by atoms with E-state index in [1.165, 1.54) is 60.3 Å². The first-order chi connectivity index (χ1) is 21.6. The summed E-state index contributed by atoms with van der Waals surface area (Å²) in [6.07, 6.45) is 0. The first kappa shape index (κ1) is 27.6. The summed E-state index contributed by atoms with van der Waals surface area (Å²) in [6.45, 7) is 13.6. The minimum Gasteiger partial charge on any atom is -0.436 e. The van der Waals surface area contributed by atoms with Crippen LogP contribution in [0, 0.1) is 0 Å². The Morgan fingerprint density at radius 1 is 0.489 bits per heavy atom. The molecule has 0 bridgehead atoms. The molecule has 0 unspecified atom stereocenters. The number of benzene rings is 7. The number of oxazole rings is 1. The normalized spacial score (nSPS) is 12.7. The molecule has 7 aromatic carbocycles. The van der Waals surface area contributed by atoms with Gasteiger partial charge in [-0.25, -0.2) is 4.98 Å². The van der Waals surface area contributed by atoms with Crippen molar-refractivity contribution in [2.75, 3.05) is 0 Å². The quantitative estimate of drug-likeness (QED) is 0.193.